The molecule has 5 heteroatoms. The monoisotopic (exact) mass is 258 g/mol. The molecule has 1 aliphatic rings. The van der Waals surface area contributed by atoms with Gasteiger partial charge in [0.2, 0.25) is 0 Å². The summed E-state index contributed by atoms with van der Waals surface area (Å²) >= 11 is 0. The zero-order valence-electron chi connectivity index (χ0n) is 10.3. The second-order valence-electron chi connectivity index (χ2n) is 5.11. The normalized spacial score (nSPS) is 24.0. The molecule has 0 aliphatic heterocycles. The Balaban J connectivity index is 1.95. The standard InChI is InChI=1S/C13H17F3N2/c1-8-3-2-4-9(5-8)7-17-13-11(15)6-10(14)12(16)18-13/h6,8-9H,2-5,7H2,1H3,(H,17,18). The molecule has 2 rings (SSSR count). The highest BCUT2D eigenvalue weighted by Crippen LogP contribution is 2.28. The Labute approximate surface area is 105 Å². The third-order valence-corrected chi connectivity index (χ3v) is 3.49. The topological polar surface area (TPSA) is 24.9 Å². The third kappa shape index (κ3) is 3.15. The molecular formula is C13H17F3N2. The number of rotatable bonds is 3. The SMILES string of the molecule is CC1CCCC(CNc2nc(F)c(F)cc2F)C1. The van der Waals surface area contributed by atoms with Crippen molar-refractivity contribution >= 4 is 5.82 Å². The minimum Gasteiger partial charge on any atom is -0.367 e. The van der Waals surface area contributed by atoms with Gasteiger partial charge in [-0.1, -0.05) is 19.8 Å². The Morgan fingerprint density at radius 2 is 2.06 bits per heavy atom. The first kappa shape index (κ1) is 13.2. The summed E-state index contributed by atoms with van der Waals surface area (Å²) in [6.45, 7) is 2.75. The van der Waals surface area contributed by atoms with E-state index >= 15 is 0 Å². The molecule has 0 aromatic carbocycles. The van der Waals surface area contributed by atoms with Crippen LogP contribution in [0.25, 0.3) is 0 Å². The highest BCUT2D eigenvalue weighted by molar-refractivity contribution is 5.36. The first-order valence-corrected chi connectivity index (χ1v) is 6.31. The van der Waals surface area contributed by atoms with Gasteiger partial charge in [0.1, 0.15) is 0 Å². The molecular weight excluding hydrogens is 241 g/mol. The summed E-state index contributed by atoms with van der Waals surface area (Å²) < 4.78 is 38.9. The number of hydrogen-bond donors (Lipinski definition) is 1. The Hall–Kier alpha value is -1.26. The summed E-state index contributed by atoms with van der Waals surface area (Å²) in [5.74, 6) is -2.46. The maximum atomic E-state index is 13.3. The van der Waals surface area contributed by atoms with Crippen molar-refractivity contribution in [2.45, 2.75) is 32.6 Å². The van der Waals surface area contributed by atoms with Crippen LogP contribution < -0.4 is 5.32 Å². The molecule has 1 fully saturated rings. The van der Waals surface area contributed by atoms with E-state index in [0.717, 1.165) is 12.8 Å². The van der Waals surface area contributed by atoms with Gasteiger partial charge in [0, 0.05) is 12.6 Å². The van der Waals surface area contributed by atoms with Gasteiger partial charge in [0.05, 0.1) is 0 Å². The van der Waals surface area contributed by atoms with E-state index in [1.54, 1.807) is 0 Å². The first-order valence-electron chi connectivity index (χ1n) is 6.31. The molecule has 1 aromatic rings. The lowest BCUT2D eigenvalue weighted by molar-refractivity contribution is 0.293. The summed E-state index contributed by atoms with van der Waals surface area (Å²) in [7, 11) is 0. The molecule has 18 heavy (non-hydrogen) atoms. The van der Waals surface area contributed by atoms with Crippen LogP contribution in [0.5, 0.6) is 0 Å². The molecule has 0 radical (unpaired) electrons. The van der Waals surface area contributed by atoms with Crippen LogP contribution in [0.1, 0.15) is 32.6 Å². The summed E-state index contributed by atoms with van der Waals surface area (Å²) in [6.07, 6.45) is 4.57. The fourth-order valence-corrected chi connectivity index (χ4v) is 2.55. The Morgan fingerprint density at radius 3 is 2.78 bits per heavy atom. The molecule has 2 unspecified atom stereocenters. The van der Waals surface area contributed by atoms with Crippen molar-refractivity contribution in [3.63, 3.8) is 0 Å². The number of halogens is 3. The third-order valence-electron chi connectivity index (χ3n) is 3.49. The van der Waals surface area contributed by atoms with Crippen molar-refractivity contribution in [3.05, 3.63) is 23.6 Å². The fourth-order valence-electron chi connectivity index (χ4n) is 2.55. The Bertz CT molecular complexity index is 423. The van der Waals surface area contributed by atoms with Crippen LogP contribution in [0.2, 0.25) is 0 Å². The fraction of sp³-hybridized carbons (Fsp3) is 0.615. The lowest BCUT2D eigenvalue weighted by atomic mass is 9.82. The summed E-state index contributed by atoms with van der Waals surface area (Å²) in [4.78, 5) is 3.25. The number of aromatic nitrogens is 1. The van der Waals surface area contributed by atoms with Crippen LogP contribution in [0.4, 0.5) is 19.0 Å². The van der Waals surface area contributed by atoms with Gasteiger partial charge < -0.3 is 5.32 Å². The van der Waals surface area contributed by atoms with Gasteiger partial charge in [0.25, 0.3) is 5.95 Å². The summed E-state index contributed by atoms with van der Waals surface area (Å²) in [5, 5.41) is 2.78. The predicted octanol–water partition coefficient (Wildman–Crippen LogP) is 3.74. The average molecular weight is 258 g/mol. The zero-order chi connectivity index (χ0) is 13.1. The van der Waals surface area contributed by atoms with E-state index in [9.17, 15) is 13.2 Å². The van der Waals surface area contributed by atoms with Crippen LogP contribution in [-0.2, 0) is 0 Å². The number of nitrogens with zero attached hydrogens (tertiary/aromatic N) is 1. The van der Waals surface area contributed by atoms with Crippen molar-refractivity contribution in [3.8, 4) is 0 Å². The minimum absolute atomic E-state index is 0.202. The number of hydrogen-bond acceptors (Lipinski definition) is 2. The highest BCUT2D eigenvalue weighted by Gasteiger charge is 2.19. The second kappa shape index (κ2) is 5.59. The van der Waals surface area contributed by atoms with E-state index in [1.165, 1.54) is 12.8 Å². The van der Waals surface area contributed by atoms with Crippen LogP contribution in [0.15, 0.2) is 6.07 Å². The molecule has 0 spiro atoms. The molecule has 1 heterocycles. The van der Waals surface area contributed by atoms with Gasteiger partial charge in [-0.25, -0.2) is 8.78 Å². The number of nitrogens with one attached hydrogen (secondary N) is 1. The summed E-state index contributed by atoms with van der Waals surface area (Å²) in [5.41, 5.74) is 0. The molecule has 0 amide bonds. The molecule has 1 aromatic heterocycles. The quantitative estimate of drug-likeness (QED) is 0.835. The largest absolute Gasteiger partial charge is 0.367 e. The highest BCUT2D eigenvalue weighted by atomic mass is 19.2. The van der Waals surface area contributed by atoms with E-state index in [-0.39, 0.29) is 5.82 Å². The van der Waals surface area contributed by atoms with Crippen molar-refractivity contribution in [1.29, 1.82) is 0 Å². The molecule has 1 N–H and O–H groups in total. The molecule has 2 nitrogen and oxygen atoms in total. The van der Waals surface area contributed by atoms with Crippen molar-refractivity contribution < 1.29 is 13.2 Å². The van der Waals surface area contributed by atoms with E-state index in [2.05, 4.69) is 17.2 Å². The van der Waals surface area contributed by atoms with E-state index in [4.69, 9.17) is 0 Å². The average Bonchev–Trinajstić information content (AvgIpc) is 2.32. The van der Waals surface area contributed by atoms with E-state index in [1.807, 2.05) is 0 Å². The first-order chi connectivity index (χ1) is 8.56. The zero-order valence-corrected chi connectivity index (χ0v) is 10.3. The van der Waals surface area contributed by atoms with Crippen LogP contribution in [-0.4, -0.2) is 11.5 Å². The predicted molar refractivity (Wildman–Crippen MR) is 63.7 cm³/mol. The van der Waals surface area contributed by atoms with Gasteiger partial charge in [-0.2, -0.15) is 9.37 Å². The van der Waals surface area contributed by atoms with Crippen molar-refractivity contribution in [2.24, 2.45) is 11.8 Å². The van der Waals surface area contributed by atoms with Gasteiger partial charge in [0.15, 0.2) is 17.5 Å². The van der Waals surface area contributed by atoms with Crippen LogP contribution >= 0.6 is 0 Å². The van der Waals surface area contributed by atoms with Crippen LogP contribution in [0.3, 0.4) is 0 Å². The second-order valence-corrected chi connectivity index (χ2v) is 5.11. The lowest BCUT2D eigenvalue weighted by Crippen LogP contribution is -2.22. The summed E-state index contributed by atoms with van der Waals surface area (Å²) in [6, 6.07) is 0.522. The van der Waals surface area contributed by atoms with Crippen LogP contribution in [0, 0.1) is 29.4 Å². The molecule has 2 atom stereocenters. The minimum atomic E-state index is -1.27. The molecule has 1 saturated carbocycles. The number of pyridine rings is 1. The smallest absolute Gasteiger partial charge is 0.251 e. The Kier molecular flexibility index (Phi) is 4.09. The number of anilines is 1. The maximum absolute atomic E-state index is 13.3. The van der Waals surface area contributed by atoms with Crippen molar-refractivity contribution in [1.82, 2.24) is 4.98 Å². The Morgan fingerprint density at radius 1 is 1.28 bits per heavy atom. The molecule has 100 valence electrons. The lowest BCUT2D eigenvalue weighted by Gasteiger charge is -2.26. The van der Waals surface area contributed by atoms with Gasteiger partial charge in [-0.05, 0) is 24.7 Å². The van der Waals surface area contributed by atoms with E-state index < -0.39 is 17.6 Å². The molecule has 0 bridgehead atoms. The molecule has 0 saturated heterocycles. The van der Waals surface area contributed by atoms with E-state index in [0.29, 0.717) is 24.4 Å². The van der Waals surface area contributed by atoms with Gasteiger partial charge >= 0.3 is 0 Å². The van der Waals surface area contributed by atoms with Gasteiger partial charge in [-0.3, -0.25) is 0 Å². The maximum Gasteiger partial charge on any atom is 0.251 e. The van der Waals surface area contributed by atoms with Gasteiger partial charge in [-0.15, -0.1) is 0 Å². The van der Waals surface area contributed by atoms with Crippen molar-refractivity contribution in [2.75, 3.05) is 11.9 Å². The molecule has 1 aliphatic carbocycles.